The molecule has 4 nitrogen and oxygen atoms in total. The van der Waals surface area contributed by atoms with Gasteiger partial charge in [-0.3, -0.25) is 0 Å². The highest BCUT2D eigenvalue weighted by molar-refractivity contribution is 5.53. The fraction of sp³-hybridized carbons (Fsp3) is 0.467. The molecular weight excluding hydrogens is 242 g/mol. The van der Waals surface area contributed by atoms with Gasteiger partial charge in [0.2, 0.25) is 5.75 Å². The van der Waals surface area contributed by atoms with Crippen molar-refractivity contribution in [3.63, 3.8) is 0 Å². The van der Waals surface area contributed by atoms with Crippen LogP contribution < -0.4 is 19.5 Å². The van der Waals surface area contributed by atoms with Crippen LogP contribution in [-0.2, 0) is 6.42 Å². The Hall–Kier alpha value is -1.68. The average molecular weight is 266 g/mol. The Kier molecular flexibility index (Phi) is 6.22. The van der Waals surface area contributed by atoms with Crippen molar-refractivity contribution in [2.24, 2.45) is 0 Å². The van der Waals surface area contributed by atoms with E-state index in [4.69, 9.17) is 14.2 Å². The highest BCUT2D eigenvalue weighted by Crippen LogP contribution is 2.38. The number of nitrogens with two attached hydrogens (primary N) is 1. The Morgan fingerprint density at radius 3 is 2.11 bits per heavy atom. The summed E-state index contributed by atoms with van der Waals surface area (Å²) in [5.41, 5.74) is 1.17. The van der Waals surface area contributed by atoms with Gasteiger partial charge < -0.3 is 19.5 Å². The summed E-state index contributed by atoms with van der Waals surface area (Å²) < 4.78 is 16.0. The first-order valence-corrected chi connectivity index (χ1v) is 6.39. The molecule has 0 amide bonds. The summed E-state index contributed by atoms with van der Waals surface area (Å²) in [6.07, 6.45) is 3.84. The standard InChI is InChI=1S/C15H23NO3/c1-6-7-12(16-2)8-11-9-13(17-3)15(19-5)14(10-11)18-4/h6,9-10,12,16H,1,7-8H2,2-5H3/p+1/t12-/m1/s1. The van der Waals surface area contributed by atoms with Gasteiger partial charge in [0, 0.05) is 12.8 Å². The van der Waals surface area contributed by atoms with Crippen molar-refractivity contribution in [1.29, 1.82) is 0 Å². The Balaban J connectivity index is 3.04. The van der Waals surface area contributed by atoms with Crippen LogP contribution in [0.2, 0.25) is 0 Å². The van der Waals surface area contributed by atoms with E-state index < -0.39 is 0 Å². The molecule has 4 heteroatoms. The van der Waals surface area contributed by atoms with Crippen LogP contribution in [0.1, 0.15) is 12.0 Å². The largest absolute Gasteiger partial charge is 0.493 e. The molecule has 0 saturated carbocycles. The molecule has 0 radical (unpaired) electrons. The maximum atomic E-state index is 5.36. The van der Waals surface area contributed by atoms with E-state index in [1.807, 2.05) is 18.2 Å². The Labute approximate surface area is 115 Å². The van der Waals surface area contributed by atoms with Gasteiger partial charge in [-0.1, -0.05) is 6.08 Å². The minimum Gasteiger partial charge on any atom is -0.493 e. The van der Waals surface area contributed by atoms with E-state index in [-0.39, 0.29) is 0 Å². The van der Waals surface area contributed by atoms with Crippen molar-refractivity contribution in [3.8, 4) is 17.2 Å². The van der Waals surface area contributed by atoms with Crippen molar-refractivity contribution in [2.75, 3.05) is 28.4 Å². The van der Waals surface area contributed by atoms with Crippen LogP contribution in [0.5, 0.6) is 17.2 Å². The number of hydrogen-bond acceptors (Lipinski definition) is 3. The molecule has 0 unspecified atom stereocenters. The molecule has 1 aromatic carbocycles. The molecule has 2 N–H and O–H groups in total. The lowest BCUT2D eigenvalue weighted by molar-refractivity contribution is -0.662. The Morgan fingerprint density at radius 1 is 1.16 bits per heavy atom. The quantitative estimate of drug-likeness (QED) is 0.723. The van der Waals surface area contributed by atoms with Crippen LogP contribution in [-0.4, -0.2) is 34.4 Å². The van der Waals surface area contributed by atoms with Crippen molar-refractivity contribution in [1.82, 2.24) is 0 Å². The van der Waals surface area contributed by atoms with Gasteiger partial charge in [0.1, 0.15) is 0 Å². The third-order valence-electron chi connectivity index (χ3n) is 3.16. The molecular formula is C15H24NO3+. The van der Waals surface area contributed by atoms with Gasteiger partial charge in [0.15, 0.2) is 11.5 Å². The lowest BCUT2D eigenvalue weighted by Gasteiger charge is -2.16. The minimum atomic E-state index is 0.473. The summed E-state index contributed by atoms with van der Waals surface area (Å²) in [5, 5.41) is 2.20. The summed E-state index contributed by atoms with van der Waals surface area (Å²) in [6, 6.07) is 4.47. The van der Waals surface area contributed by atoms with Crippen LogP contribution in [0, 0.1) is 0 Å². The SMILES string of the molecule is C=CC[C@H](Cc1cc(OC)c(OC)c(OC)c1)[NH2+]C. The van der Waals surface area contributed by atoms with Gasteiger partial charge in [-0.25, -0.2) is 0 Å². The zero-order valence-corrected chi connectivity index (χ0v) is 12.2. The van der Waals surface area contributed by atoms with E-state index in [9.17, 15) is 0 Å². The molecule has 0 heterocycles. The second kappa shape index (κ2) is 7.69. The van der Waals surface area contributed by atoms with Crippen LogP contribution in [0.15, 0.2) is 24.8 Å². The number of quaternary nitrogens is 1. The van der Waals surface area contributed by atoms with E-state index in [1.165, 1.54) is 5.56 Å². The first-order valence-electron chi connectivity index (χ1n) is 6.39. The van der Waals surface area contributed by atoms with Crippen molar-refractivity contribution >= 4 is 0 Å². The fourth-order valence-electron chi connectivity index (χ4n) is 2.11. The Morgan fingerprint density at radius 2 is 1.74 bits per heavy atom. The monoisotopic (exact) mass is 266 g/mol. The van der Waals surface area contributed by atoms with Gasteiger partial charge >= 0.3 is 0 Å². The maximum Gasteiger partial charge on any atom is 0.203 e. The number of ether oxygens (including phenoxy) is 3. The smallest absolute Gasteiger partial charge is 0.203 e. The molecule has 0 aliphatic rings. The first-order chi connectivity index (χ1) is 9.19. The zero-order chi connectivity index (χ0) is 14.3. The number of likely N-dealkylation sites (N-methyl/N-ethyl adjacent to an activating group) is 1. The van der Waals surface area contributed by atoms with Crippen molar-refractivity contribution < 1.29 is 19.5 Å². The third-order valence-corrected chi connectivity index (χ3v) is 3.16. The molecule has 106 valence electrons. The van der Waals surface area contributed by atoms with Crippen molar-refractivity contribution in [3.05, 3.63) is 30.4 Å². The van der Waals surface area contributed by atoms with Crippen LogP contribution in [0.3, 0.4) is 0 Å². The number of benzene rings is 1. The zero-order valence-electron chi connectivity index (χ0n) is 12.2. The highest BCUT2D eigenvalue weighted by Gasteiger charge is 2.16. The molecule has 0 aliphatic heterocycles. The fourth-order valence-corrected chi connectivity index (χ4v) is 2.11. The average Bonchev–Trinajstić information content (AvgIpc) is 2.45. The van der Waals surface area contributed by atoms with E-state index in [0.29, 0.717) is 23.3 Å². The molecule has 0 fully saturated rings. The van der Waals surface area contributed by atoms with Crippen LogP contribution >= 0.6 is 0 Å². The Bertz CT molecular complexity index is 393. The first kappa shape index (κ1) is 15.4. The molecule has 1 rings (SSSR count). The van der Waals surface area contributed by atoms with Crippen LogP contribution in [0.4, 0.5) is 0 Å². The molecule has 0 saturated heterocycles. The number of hydrogen-bond donors (Lipinski definition) is 1. The summed E-state index contributed by atoms with van der Waals surface area (Å²) in [6.45, 7) is 3.80. The minimum absolute atomic E-state index is 0.473. The van der Waals surface area contributed by atoms with Gasteiger partial charge in [-0.05, 0) is 17.7 Å². The highest BCUT2D eigenvalue weighted by atomic mass is 16.5. The third kappa shape index (κ3) is 3.89. The number of methoxy groups -OCH3 is 3. The van der Waals surface area contributed by atoms with E-state index in [2.05, 4.69) is 18.9 Å². The van der Waals surface area contributed by atoms with E-state index in [1.54, 1.807) is 21.3 Å². The molecule has 0 aliphatic carbocycles. The van der Waals surface area contributed by atoms with Gasteiger partial charge in [-0.2, -0.15) is 0 Å². The molecule has 0 aromatic heterocycles. The topological polar surface area (TPSA) is 44.3 Å². The van der Waals surface area contributed by atoms with Crippen molar-refractivity contribution in [2.45, 2.75) is 18.9 Å². The lowest BCUT2D eigenvalue weighted by Crippen LogP contribution is -2.86. The van der Waals surface area contributed by atoms with Crippen LogP contribution in [0.25, 0.3) is 0 Å². The predicted octanol–water partition coefficient (Wildman–Crippen LogP) is 1.39. The number of rotatable bonds is 8. The predicted molar refractivity (Wildman–Crippen MR) is 76.3 cm³/mol. The van der Waals surface area contributed by atoms with E-state index >= 15 is 0 Å². The second-order valence-corrected chi connectivity index (χ2v) is 4.36. The molecule has 19 heavy (non-hydrogen) atoms. The molecule has 1 aromatic rings. The van der Waals surface area contributed by atoms with Gasteiger partial charge in [-0.15, -0.1) is 6.58 Å². The normalized spacial score (nSPS) is 11.8. The second-order valence-electron chi connectivity index (χ2n) is 4.36. The van der Waals surface area contributed by atoms with Gasteiger partial charge in [0.25, 0.3) is 0 Å². The molecule has 1 atom stereocenters. The summed E-state index contributed by atoms with van der Waals surface area (Å²) in [7, 11) is 6.95. The maximum absolute atomic E-state index is 5.36. The van der Waals surface area contributed by atoms with Gasteiger partial charge in [0.05, 0.1) is 34.4 Å². The van der Waals surface area contributed by atoms with E-state index in [0.717, 1.165) is 12.8 Å². The summed E-state index contributed by atoms with van der Waals surface area (Å²) >= 11 is 0. The summed E-state index contributed by atoms with van der Waals surface area (Å²) in [4.78, 5) is 0. The lowest BCUT2D eigenvalue weighted by atomic mass is 10.0. The molecule has 0 spiro atoms. The summed E-state index contributed by atoms with van der Waals surface area (Å²) in [5.74, 6) is 2.03. The molecule has 0 bridgehead atoms.